The molecule has 1 aromatic heterocycles. The molecule has 7 heteroatoms. The summed E-state index contributed by atoms with van der Waals surface area (Å²) >= 11 is 5.73. The summed E-state index contributed by atoms with van der Waals surface area (Å²) in [7, 11) is 0. The molecule has 0 spiro atoms. The molecule has 100 valence electrons. The van der Waals surface area contributed by atoms with Gasteiger partial charge in [-0.15, -0.1) is 0 Å². The Labute approximate surface area is 113 Å². The van der Waals surface area contributed by atoms with Crippen molar-refractivity contribution in [3.63, 3.8) is 0 Å². The number of aromatic nitrogens is 3. The van der Waals surface area contributed by atoms with E-state index in [0.717, 1.165) is 18.2 Å². The zero-order valence-electron chi connectivity index (χ0n) is 10.2. The van der Waals surface area contributed by atoms with Crippen molar-refractivity contribution in [2.45, 2.75) is 20.0 Å². The second-order valence-electron chi connectivity index (χ2n) is 4.04. The van der Waals surface area contributed by atoms with Gasteiger partial charge < -0.3 is 4.74 Å². The number of rotatable bonds is 3. The molecule has 19 heavy (non-hydrogen) atoms. The predicted octanol–water partition coefficient (Wildman–Crippen LogP) is 3.26. The molecule has 0 unspecified atom stereocenters. The maximum Gasteiger partial charge on any atom is 0.321 e. The third kappa shape index (κ3) is 3.57. The zero-order valence-corrected chi connectivity index (χ0v) is 10.9. The lowest BCUT2D eigenvalue weighted by atomic mass is 10.2. The fraction of sp³-hybridized carbons (Fsp3) is 0.250. The molecule has 1 aromatic carbocycles. The highest BCUT2D eigenvalue weighted by Gasteiger charge is 2.11. The molecule has 0 amide bonds. The van der Waals surface area contributed by atoms with Gasteiger partial charge in [-0.05, 0) is 37.6 Å². The lowest BCUT2D eigenvalue weighted by molar-refractivity contribution is 0.222. The number of hydrogen-bond acceptors (Lipinski definition) is 4. The molecular formula is C12H10ClF2N3O. The fourth-order valence-electron chi connectivity index (χ4n) is 1.41. The van der Waals surface area contributed by atoms with Gasteiger partial charge >= 0.3 is 6.01 Å². The van der Waals surface area contributed by atoms with E-state index in [2.05, 4.69) is 15.0 Å². The van der Waals surface area contributed by atoms with E-state index in [4.69, 9.17) is 16.3 Å². The standard InChI is InChI=1S/C12H10ClF2N3O/c1-6(2)19-12-17-10(16-11(13)18-12)7-3-8(14)5-9(15)4-7/h3-6H,1-2H3. The van der Waals surface area contributed by atoms with Gasteiger partial charge in [0.1, 0.15) is 11.6 Å². The highest BCUT2D eigenvalue weighted by atomic mass is 35.5. The van der Waals surface area contributed by atoms with E-state index in [-0.39, 0.29) is 28.8 Å². The molecule has 1 heterocycles. The van der Waals surface area contributed by atoms with Crippen molar-refractivity contribution in [1.29, 1.82) is 0 Å². The van der Waals surface area contributed by atoms with Crippen LogP contribution in [-0.4, -0.2) is 21.1 Å². The quantitative estimate of drug-likeness (QED) is 0.868. The largest absolute Gasteiger partial charge is 0.461 e. The molecule has 4 nitrogen and oxygen atoms in total. The maximum atomic E-state index is 13.1. The number of benzene rings is 1. The summed E-state index contributed by atoms with van der Waals surface area (Å²) in [6.45, 7) is 3.58. The van der Waals surface area contributed by atoms with Gasteiger partial charge in [0.05, 0.1) is 6.10 Å². The number of halogens is 3. The van der Waals surface area contributed by atoms with E-state index >= 15 is 0 Å². The summed E-state index contributed by atoms with van der Waals surface area (Å²) in [5.41, 5.74) is 0.162. The zero-order chi connectivity index (χ0) is 14.0. The van der Waals surface area contributed by atoms with Crippen molar-refractivity contribution in [2.75, 3.05) is 0 Å². The SMILES string of the molecule is CC(C)Oc1nc(Cl)nc(-c2cc(F)cc(F)c2)n1. The van der Waals surface area contributed by atoms with Crippen LogP contribution >= 0.6 is 11.6 Å². The summed E-state index contributed by atoms with van der Waals surface area (Å²) in [4.78, 5) is 11.6. The Morgan fingerprint density at radius 1 is 1.05 bits per heavy atom. The van der Waals surface area contributed by atoms with Crippen LogP contribution < -0.4 is 4.74 Å². The first-order chi connectivity index (χ1) is 8.94. The minimum Gasteiger partial charge on any atom is -0.461 e. The molecule has 2 aromatic rings. The van der Waals surface area contributed by atoms with E-state index in [1.165, 1.54) is 0 Å². The number of hydrogen-bond donors (Lipinski definition) is 0. The van der Waals surface area contributed by atoms with Gasteiger partial charge in [0.25, 0.3) is 0 Å². The number of ether oxygens (including phenoxy) is 1. The smallest absolute Gasteiger partial charge is 0.321 e. The normalized spacial score (nSPS) is 10.8. The second-order valence-corrected chi connectivity index (χ2v) is 4.37. The minimum atomic E-state index is -0.724. The molecule has 0 atom stereocenters. The van der Waals surface area contributed by atoms with Crippen LogP contribution in [0, 0.1) is 11.6 Å². The van der Waals surface area contributed by atoms with Gasteiger partial charge in [0.15, 0.2) is 5.82 Å². The first kappa shape index (κ1) is 13.6. The molecule has 0 saturated carbocycles. The molecule has 0 aliphatic heterocycles. The summed E-state index contributed by atoms with van der Waals surface area (Å²) in [6.07, 6.45) is -0.157. The highest BCUT2D eigenvalue weighted by molar-refractivity contribution is 6.28. The van der Waals surface area contributed by atoms with Crippen molar-refractivity contribution in [3.8, 4) is 17.4 Å². The van der Waals surface area contributed by atoms with E-state index < -0.39 is 11.6 Å². The van der Waals surface area contributed by atoms with Crippen LogP contribution in [0.2, 0.25) is 5.28 Å². The molecule has 0 N–H and O–H groups in total. The van der Waals surface area contributed by atoms with Gasteiger partial charge in [0.2, 0.25) is 5.28 Å². The third-order valence-corrected chi connectivity index (χ3v) is 2.22. The van der Waals surface area contributed by atoms with Crippen LogP contribution in [0.5, 0.6) is 6.01 Å². The summed E-state index contributed by atoms with van der Waals surface area (Å²) < 4.78 is 31.6. The molecule has 0 fully saturated rings. The Morgan fingerprint density at radius 3 is 2.26 bits per heavy atom. The number of nitrogens with zero attached hydrogens (tertiary/aromatic N) is 3. The fourth-order valence-corrected chi connectivity index (χ4v) is 1.56. The molecule has 0 saturated heterocycles. The van der Waals surface area contributed by atoms with Crippen LogP contribution in [0.3, 0.4) is 0 Å². The van der Waals surface area contributed by atoms with Crippen LogP contribution in [-0.2, 0) is 0 Å². The first-order valence-electron chi connectivity index (χ1n) is 5.49. The summed E-state index contributed by atoms with van der Waals surface area (Å²) in [5, 5.41) is -0.106. The van der Waals surface area contributed by atoms with Gasteiger partial charge in [-0.2, -0.15) is 15.0 Å². The first-order valence-corrected chi connectivity index (χ1v) is 5.86. The van der Waals surface area contributed by atoms with Gasteiger partial charge in [-0.1, -0.05) is 0 Å². The predicted molar refractivity (Wildman–Crippen MR) is 66.0 cm³/mol. The van der Waals surface area contributed by atoms with E-state index in [9.17, 15) is 8.78 Å². The second kappa shape index (κ2) is 5.44. The maximum absolute atomic E-state index is 13.1. The van der Waals surface area contributed by atoms with Crippen molar-refractivity contribution in [2.24, 2.45) is 0 Å². The monoisotopic (exact) mass is 285 g/mol. The van der Waals surface area contributed by atoms with Crippen molar-refractivity contribution >= 4 is 11.6 Å². The lowest BCUT2D eigenvalue weighted by Gasteiger charge is -2.08. The molecule has 0 aliphatic rings. The van der Waals surface area contributed by atoms with Gasteiger partial charge in [-0.25, -0.2) is 8.78 Å². The van der Waals surface area contributed by atoms with Crippen LogP contribution in [0.4, 0.5) is 8.78 Å². The Balaban J connectivity index is 2.46. The molecule has 0 radical (unpaired) electrons. The van der Waals surface area contributed by atoms with Crippen molar-refractivity contribution in [3.05, 3.63) is 35.1 Å². The molecule has 0 aliphatic carbocycles. The summed E-state index contributed by atoms with van der Waals surface area (Å²) in [6, 6.07) is 2.98. The Bertz CT molecular complexity index is 587. The van der Waals surface area contributed by atoms with Gasteiger partial charge in [0, 0.05) is 11.6 Å². The lowest BCUT2D eigenvalue weighted by Crippen LogP contribution is -2.09. The average Bonchev–Trinajstić information content (AvgIpc) is 2.25. The Morgan fingerprint density at radius 2 is 1.68 bits per heavy atom. The average molecular weight is 286 g/mol. The van der Waals surface area contributed by atoms with Gasteiger partial charge in [-0.3, -0.25) is 0 Å². The highest BCUT2D eigenvalue weighted by Crippen LogP contribution is 2.21. The third-order valence-electron chi connectivity index (χ3n) is 2.05. The van der Waals surface area contributed by atoms with E-state index in [1.807, 2.05) is 0 Å². The molecule has 0 bridgehead atoms. The molecular weight excluding hydrogens is 276 g/mol. The molecule has 2 rings (SSSR count). The Kier molecular flexibility index (Phi) is 3.90. The van der Waals surface area contributed by atoms with Crippen LogP contribution in [0.25, 0.3) is 11.4 Å². The van der Waals surface area contributed by atoms with Crippen LogP contribution in [0.15, 0.2) is 18.2 Å². The minimum absolute atomic E-state index is 0.00895. The van der Waals surface area contributed by atoms with E-state index in [1.54, 1.807) is 13.8 Å². The van der Waals surface area contributed by atoms with Crippen LogP contribution in [0.1, 0.15) is 13.8 Å². The van der Waals surface area contributed by atoms with Crippen molar-refractivity contribution in [1.82, 2.24) is 15.0 Å². The topological polar surface area (TPSA) is 47.9 Å². The van der Waals surface area contributed by atoms with E-state index in [0.29, 0.717) is 0 Å². The summed E-state index contributed by atoms with van der Waals surface area (Å²) in [5.74, 6) is -1.40. The van der Waals surface area contributed by atoms with Crippen molar-refractivity contribution < 1.29 is 13.5 Å². The Hall–Kier alpha value is -1.82.